The van der Waals surface area contributed by atoms with Crippen LogP contribution in [0.15, 0.2) is 66.7 Å². The predicted molar refractivity (Wildman–Crippen MR) is 195 cm³/mol. The molecule has 0 N–H and O–H groups in total. The summed E-state index contributed by atoms with van der Waals surface area (Å²) in [5.74, 6) is -0.535. The summed E-state index contributed by atoms with van der Waals surface area (Å²) in [7, 11) is 0. The lowest BCUT2D eigenvalue weighted by Gasteiger charge is -2.14. The zero-order valence-electron chi connectivity index (χ0n) is 29.5. The van der Waals surface area contributed by atoms with Gasteiger partial charge in [0.1, 0.15) is 17.2 Å². The van der Waals surface area contributed by atoms with Crippen molar-refractivity contribution in [2.24, 2.45) is 0 Å². The standard InChI is InChI=1S/C41H53ClO7/c1-4-6-8-10-11-12-13-14-15-17-29-46-35-24-19-32(20-25-35)39(43)48-36-26-21-33(22-27-36)40(44)49-38-28-23-34(30-37(38)42)41(45)47-31(3)18-16-9-7-5-2/h19-28,30-31H,4-18,29H2,1-3H3. The molecule has 0 heterocycles. The van der Waals surface area contributed by atoms with Crippen LogP contribution in [0.4, 0.5) is 0 Å². The number of esters is 3. The fourth-order valence-electron chi connectivity index (χ4n) is 5.33. The van der Waals surface area contributed by atoms with E-state index >= 15 is 0 Å². The smallest absolute Gasteiger partial charge is 0.343 e. The summed E-state index contributed by atoms with van der Waals surface area (Å²) in [5, 5.41) is 0.110. The first-order valence-corrected chi connectivity index (χ1v) is 18.5. The quantitative estimate of drug-likeness (QED) is 0.0555. The summed E-state index contributed by atoms with van der Waals surface area (Å²) in [4.78, 5) is 38.0. The minimum atomic E-state index is -0.649. The van der Waals surface area contributed by atoms with Gasteiger partial charge in [-0.25, -0.2) is 14.4 Å². The van der Waals surface area contributed by atoms with Crippen molar-refractivity contribution in [2.75, 3.05) is 6.61 Å². The maximum absolute atomic E-state index is 12.8. The van der Waals surface area contributed by atoms with E-state index in [0.29, 0.717) is 17.9 Å². The second-order valence-corrected chi connectivity index (χ2v) is 13.0. The van der Waals surface area contributed by atoms with E-state index in [1.165, 1.54) is 100 Å². The molecule has 0 fully saturated rings. The maximum Gasteiger partial charge on any atom is 0.343 e. The van der Waals surface area contributed by atoms with Crippen LogP contribution in [0.2, 0.25) is 5.02 Å². The van der Waals surface area contributed by atoms with Crippen LogP contribution in [0, 0.1) is 0 Å². The molecule has 0 bridgehead atoms. The summed E-state index contributed by atoms with van der Waals surface area (Å²) in [6, 6.07) is 17.3. The van der Waals surface area contributed by atoms with Crippen molar-refractivity contribution in [1.82, 2.24) is 0 Å². The molecular formula is C41H53ClO7. The summed E-state index contributed by atoms with van der Waals surface area (Å²) in [6.45, 7) is 6.93. The van der Waals surface area contributed by atoms with Gasteiger partial charge in [-0.3, -0.25) is 0 Å². The summed E-state index contributed by atoms with van der Waals surface area (Å²) in [5.41, 5.74) is 0.904. The van der Waals surface area contributed by atoms with Crippen LogP contribution >= 0.6 is 11.6 Å². The third kappa shape index (κ3) is 15.1. The Morgan fingerprint density at radius 3 is 1.63 bits per heavy atom. The maximum atomic E-state index is 12.8. The van der Waals surface area contributed by atoms with Crippen LogP contribution < -0.4 is 14.2 Å². The zero-order chi connectivity index (χ0) is 35.3. The average Bonchev–Trinajstić information content (AvgIpc) is 3.10. The SMILES string of the molecule is CCCCCCCCCCCCOc1ccc(C(=O)Oc2ccc(C(=O)Oc3ccc(C(=O)OC(C)CCCCCC)cc3Cl)cc2)cc1. The number of carbonyl (C=O) groups is 3. The highest BCUT2D eigenvalue weighted by Gasteiger charge is 2.17. The molecular weight excluding hydrogens is 640 g/mol. The number of carbonyl (C=O) groups excluding carboxylic acids is 3. The Hall–Kier alpha value is -3.84. The normalized spacial score (nSPS) is 11.5. The second kappa shape index (κ2) is 22.7. The minimum absolute atomic E-state index is 0.110. The van der Waals surface area contributed by atoms with Crippen molar-refractivity contribution >= 4 is 29.5 Å². The van der Waals surface area contributed by atoms with Crippen LogP contribution in [0.25, 0.3) is 0 Å². The Morgan fingerprint density at radius 2 is 1.06 bits per heavy atom. The monoisotopic (exact) mass is 692 g/mol. The van der Waals surface area contributed by atoms with E-state index in [1.54, 1.807) is 24.3 Å². The van der Waals surface area contributed by atoms with E-state index in [2.05, 4.69) is 13.8 Å². The number of rotatable bonds is 23. The van der Waals surface area contributed by atoms with Crippen molar-refractivity contribution in [3.05, 3.63) is 88.4 Å². The van der Waals surface area contributed by atoms with Gasteiger partial charge in [0, 0.05) is 0 Å². The molecule has 266 valence electrons. The fourth-order valence-corrected chi connectivity index (χ4v) is 5.55. The molecule has 7 nitrogen and oxygen atoms in total. The Bertz CT molecular complexity index is 1420. The van der Waals surface area contributed by atoms with Gasteiger partial charge in [0.05, 0.1) is 34.4 Å². The van der Waals surface area contributed by atoms with Gasteiger partial charge >= 0.3 is 17.9 Å². The number of ether oxygens (including phenoxy) is 4. The lowest BCUT2D eigenvalue weighted by Crippen LogP contribution is -2.15. The van der Waals surface area contributed by atoms with E-state index < -0.39 is 17.9 Å². The molecule has 3 aromatic carbocycles. The van der Waals surface area contributed by atoms with E-state index in [9.17, 15) is 14.4 Å². The predicted octanol–water partition coefficient (Wildman–Crippen LogP) is 11.6. The Balaban J connectivity index is 1.38. The number of hydrogen-bond acceptors (Lipinski definition) is 7. The highest BCUT2D eigenvalue weighted by Crippen LogP contribution is 2.27. The molecule has 0 aliphatic carbocycles. The molecule has 0 aliphatic rings. The van der Waals surface area contributed by atoms with Crippen LogP contribution in [0.5, 0.6) is 17.2 Å². The highest BCUT2D eigenvalue weighted by molar-refractivity contribution is 6.32. The first-order valence-electron chi connectivity index (χ1n) is 18.1. The summed E-state index contributed by atoms with van der Waals surface area (Å²) in [6.07, 6.45) is 17.8. The molecule has 0 saturated carbocycles. The number of hydrogen-bond donors (Lipinski definition) is 0. The van der Waals surface area contributed by atoms with Gasteiger partial charge in [0.25, 0.3) is 0 Å². The van der Waals surface area contributed by atoms with Gasteiger partial charge < -0.3 is 18.9 Å². The lowest BCUT2D eigenvalue weighted by atomic mass is 10.1. The largest absolute Gasteiger partial charge is 0.494 e. The van der Waals surface area contributed by atoms with Crippen LogP contribution in [-0.2, 0) is 4.74 Å². The summed E-state index contributed by atoms with van der Waals surface area (Å²) < 4.78 is 22.3. The van der Waals surface area contributed by atoms with Gasteiger partial charge in [-0.1, -0.05) is 102 Å². The van der Waals surface area contributed by atoms with Crippen LogP contribution in [-0.4, -0.2) is 30.6 Å². The Labute approximate surface area is 297 Å². The topological polar surface area (TPSA) is 88.1 Å². The fraction of sp³-hybridized carbons (Fsp3) is 0.488. The van der Waals surface area contributed by atoms with Gasteiger partial charge in [0.15, 0.2) is 0 Å². The van der Waals surface area contributed by atoms with Crippen molar-refractivity contribution in [3.8, 4) is 17.2 Å². The Morgan fingerprint density at radius 1 is 0.571 bits per heavy atom. The highest BCUT2D eigenvalue weighted by atomic mass is 35.5. The van der Waals surface area contributed by atoms with Crippen molar-refractivity contribution in [3.63, 3.8) is 0 Å². The molecule has 0 radical (unpaired) electrons. The second-order valence-electron chi connectivity index (χ2n) is 12.6. The van der Waals surface area contributed by atoms with Gasteiger partial charge in [0.2, 0.25) is 0 Å². The van der Waals surface area contributed by atoms with Crippen LogP contribution in [0.3, 0.4) is 0 Å². The molecule has 1 unspecified atom stereocenters. The molecule has 8 heteroatoms. The molecule has 0 saturated heterocycles. The third-order valence-corrected chi connectivity index (χ3v) is 8.60. The average molecular weight is 693 g/mol. The lowest BCUT2D eigenvalue weighted by molar-refractivity contribution is 0.0319. The van der Waals surface area contributed by atoms with Gasteiger partial charge in [-0.05, 0) is 92.9 Å². The van der Waals surface area contributed by atoms with Crippen molar-refractivity contribution in [2.45, 2.75) is 123 Å². The van der Waals surface area contributed by atoms with Crippen molar-refractivity contribution < 1.29 is 33.3 Å². The molecule has 0 aromatic heterocycles. The van der Waals surface area contributed by atoms with Crippen molar-refractivity contribution in [1.29, 1.82) is 0 Å². The third-order valence-electron chi connectivity index (χ3n) is 8.30. The zero-order valence-corrected chi connectivity index (χ0v) is 30.2. The van der Waals surface area contributed by atoms with Gasteiger partial charge in [-0.2, -0.15) is 0 Å². The van der Waals surface area contributed by atoms with E-state index in [4.69, 9.17) is 30.5 Å². The van der Waals surface area contributed by atoms with E-state index in [-0.39, 0.29) is 33.8 Å². The molecule has 3 aromatic rings. The van der Waals surface area contributed by atoms with Gasteiger partial charge in [-0.15, -0.1) is 0 Å². The number of unbranched alkanes of at least 4 members (excludes halogenated alkanes) is 12. The molecule has 1 atom stereocenters. The molecule has 3 rings (SSSR count). The number of halogens is 1. The minimum Gasteiger partial charge on any atom is -0.494 e. The molecule has 49 heavy (non-hydrogen) atoms. The summed E-state index contributed by atoms with van der Waals surface area (Å²) >= 11 is 6.33. The van der Waals surface area contributed by atoms with E-state index in [0.717, 1.165) is 38.5 Å². The number of benzene rings is 3. The Kier molecular flexibility index (Phi) is 18.4. The molecule has 0 aliphatic heterocycles. The van der Waals surface area contributed by atoms with E-state index in [1.807, 2.05) is 6.92 Å². The van der Waals surface area contributed by atoms with Crippen LogP contribution in [0.1, 0.15) is 148 Å². The molecule has 0 spiro atoms. The first-order chi connectivity index (χ1) is 23.8. The first kappa shape index (κ1) is 39.6. The molecule has 0 amide bonds.